The number of carboxylic acids is 1. The van der Waals surface area contributed by atoms with Crippen LogP contribution >= 0.6 is 0 Å². The summed E-state index contributed by atoms with van der Waals surface area (Å²) >= 11 is 0. The second kappa shape index (κ2) is 4.87. The highest BCUT2D eigenvalue weighted by Crippen LogP contribution is 2.39. The molecule has 1 aromatic heterocycles. The third kappa shape index (κ3) is 2.52. The third-order valence-corrected chi connectivity index (χ3v) is 3.77. The predicted octanol–water partition coefficient (Wildman–Crippen LogP) is 1.24. The van der Waals surface area contributed by atoms with Crippen LogP contribution in [0.15, 0.2) is 18.2 Å². The van der Waals surface area contributed by atoms with E-state index in [0.717, 1.165) is 12.8 Å². The van der Waals surface area contributed by atoms with E-state index in [1.807, 2.05) is 0 Å². The molecule has 0 aromatic carbocycles. The van der Waals surface area contributed by atoms with Crippen LogP contribution in [0.2, 0.25) is 0 Å². The van der Waals surface area contributed by atoms with Crippen molar-refractivity contribution in [3.8, 4) is 0 Å². The summed E-state index contributed by atoms with van der Waals surface area (Å²) in [4.78, 5) is 26.5. The molecule has 102 valence electrons. The third-order valence-electron chi connectivity index (χ3n) is 3.77. The molecule has 1 saturated carbocycles. The predicted molar refractivity (Wildman–Crippen MR) is 69.8 cm³/mol. The van der Waals surface area contributed by atoms with Gasteiger partial charge in [0.05, 0.1) is 5.41 Å². The zero-order valence-corrected chi connectivity index (χ0v) is 10.7. The molecule has 0 spiro atoms. The molecule has 0 bridgehead atoms. The molecule has 0 saturated heterocycles. The first-order valence-corrected chi connectivity index (χ1v) is 6.20. The second-order valence-corrected chi connectivity index (χ2v) is 5.08. The molecule has 2 atom stereocenters. The van der Waals surface area contributed by atoms with Gasteiger partial charge in [0.15, 0.2) is 0 Å². The number of nitrogens with zero attached hydrogens (tertiary/aromatic N) is 1. The summed E-state index contributed by atoms with van der Waals surface area (Å²) < 4.78 is 0. The van der Waals surface area contributed by atoms with E-state index in [4.69, 9.17) is 5.73 Å². The number of hydrogen-bond acceptors (Lipinski definition) is 4. The Labute approximate surface area is 111 Å². The lowest BCUT2D eigenvalue weighted by Crippen LogP contribution is -2.40. The molecule has 4 N–H and O–H groups in total. The van der Waals surface area contributed by atoms with E-state index >= 15 is 0 Å². The highest BCUT2D eigenvalue weighted by Gasteiger charge is 2.45. The molecule has 1 aliphatic carbocycles. The Kier molecular flexibility index (Phi) is 3.42. The van der Waals surface area contributed by atoms with Gasteiger partial charge in [-0.2, -0.15) is 0 Å². The quantitative estimate of drug-likeness (QED) is 0.757. The van der Waals surface area contributed by atoms with E-state index in [2.05, 4.69) is 10.3 Å². The van der Waals surface area contributed by atoms with Crippen molar-refractivity contribution in [2.24, 2.45) is 11.1 Å². The Morgan fingerprint density at radius 1 is 1.53 bits per heavy atom. The summed E-state index contributed by atoms with van der Waals surface area (Å²) in [5, 5.41) is 12.4. The lowest BCUT2D eigenvalue weighted by molar-refractivity contribution is -0.147. The number of amides is 1. The Hall–Kier alpha value is -2.11. The van der Waals surface area contributed by atoms with Gasteiger partial charge in [-0.1, -0.05) is 12.5 Å². The standard InChI is InChI=1S/C13H17N3O3/c1-13(12(18)19)7-3-5-9(13)16-10-6-2-4-8(15-10)11(14)17/h2,4,6,9H,3,5,7H2,1H3,(H2,14,17)(H,15,16)(H,18,19). The number of pyridine rings is 1. The monoisotopic (exact) mass is 263 g/mol. The highest BCUT2D eigenvalue weighted by molar-refractivity contribution is 5.91. The Morgan fingerprint density at radius 2 is 2.26 bits per heavy atom. The van der Waals surface area contributed by atoms with Crippen molar-refractivity contribution < 1.29 is 14.7 Å². The maximum atomic E-state index is 11.4. The van der Waals surface area contributed by atoms with E-state index in [-0.39, 0.29) is 11.7 Å². The fraction of sp³-hybridized carbons (Fsp3) is 0.462. The molecule has 1 amide bonds. The first-order chi connectivity index (χ1) is 8.93. The minimum absolute atomic E-state index is 0.167. The Bertz CT molecular complexity index is 518. The van der Waals surface area contributed by atoms with E-state index in [9.17, 15) is 14.7 Å². The molecule has 2 rings (SSSR count). The van der Waals surface area contributed by atoms with Crippen molar-refractivity contribution in [3.05, 3.63) is 23.9 Å². The van der Waals surface area contributed by atoms with Crippen molar-refractivity contribution in [1.29, 1.82) is 0 Å². The molecule has 6 heteroatoms. The number of nitrogens with one attached hydrogen (secondary N) is 1. The lowest BCUT2D eigenvalue weighted by atomic mass is 9.85. The van der Waals surface area contributed by atoms with Gasteiger partial charge < -0.3 is 16.2 Å². The number of aromatic nitrogens is 1. The van der Waals surface area contributed by atoms with Crippen LogP contribution in [-0.4, -0.2) is 28.0 Å². The van der Waals surface area contributed by atoms with Crippen LogP contribution in [0.25, 0.3) is 0 Å². The molecule has 1 fully saturated rings. The van der Waals surface area contributed by atoms with Gasteiger partial charge in [-0.15, -0.1) is 0 Å². The Morgan fingerprint density at radius 3 is 2.89 bits per heavy atom. The van der Waals surface area contributed by atoms with Gasteiger partial charge in [-0.05, 0) is 31.9 Å². The minimum Gasteiger partial charge on any atom is -0.481 e. The molecule has 1 aromatic rings. The number of primary amides is 1. The summed E-state index contributed by atoms with van der Waals surface area (Å²) in [5.74, 6) is -0.930. The van der Waals surface area contributed by atoms with Crippen LogP contribution < -0.4 is 11.1 Å². The van der Waals surface area contributed by atoms with Gasteiger partial charge in [0.25, 0.3) is 5.91 Å². The molecule has 6 nitrogen and oxygen atoms in total. The van der Waals surface area contributed by atoms with E-state index < -0.39 is 17.3 Å². The number of carbonyl (C=O) groups excluding carboxylic acids is 1. The van der Waals surface area contributed by atoms with Crippen LogP contribution in [0, 0.1) is 5.41 Å². The molecule has 0 aliphatic heterocycles. The molecular weight excluding hydrogens is 246 g/mol. The fourth-order valence-electron chi connectivity index (χ4n) is 2.48. The van der Waals surface area contributed by atoms with Crippen molar-refractivity contribution in [2.45, 2.75) is 32.2 Å². The molecule has 19 heavy (non-hydrogen) atoms. The maximum absolute atomic E-state index is 11.4. The van der Waals surface area contributed by atoms with Gasteiger partial charge in [-0.25, -0.2) is 4.98 Å². The van der Waals surface area contributed by atoms with Crippen molar-refractivity contribution in [3.63, 3.8) is 0 Å². The number of carboxylic acid groups (broad SMARTS) is 1. The molecule has 2 unspecified atom stereocenters. The number of aliphatic carboxylic acids is 1. The zero-order chi connectivity index (χ0) is 14.0. The van der Waals surface area contributed by atoms with Crippen LogP contribution in [0.1, 0.15) is 36.7 Å². The topological polar surface area (TPSA) is 105 Å². The fourth-order valence-corrected chi connectivity index (χ4v) is 2.48. The zero-order valence-electron chi connectivity index (χ0n) is 10.7. The number of rotatable bonds is 4. The van der Waals surface area contributed by atoms with Gasteiger partial charge in [0.2, 0.25) is 0 Å². The van der Waals surface area contributed by atoms with Crippen LogP contribution in [0.4, 0.5) is 5.82 Å². The summed E-state index contributed by atoms with van der Waals surface area (Å²) in [6, 6.07) is 4.70. The van der Waals surface area contributed by atoms with Crippen molar-refractivity contribution in [2.75, 3.05) is 5.32 Å². The summed E-state index contributed by atoms with van der Waals surface area (Å²) in [6.07, 6.45) is 2.26. The van der Waals surface area contributed by atoms with E-state index in [0.29, 0.717) is 12.2 Å². The smallest absolute Gasteiger partial charge is 0.311 e. The SMILES string of the molecule is CC1(C(=O)O)CCCC1Nc1cccc(C(N)=O)n1. The van der Waals surface area contributed by atoms with Gasteiger partial charge in [0.1, 0.15) is 11.5 Å². The van der Waals surface area contributed by atoms with Crippen LogP contribution in [-0.2, 0) is 4.79 Å². The molecule has 1 aliphatic rings. The molecule has 0 radical (unpaired) electrons. The Balaban J connectivity index is 2.19. The largest absolute Gasteiger partial charge is 0.481 e. The van der Waals surface area contributed by atoms with E-state index in [1.165, 1.54) is 6.07 Å². The summed E-state index contributed by atoms with van der Waals surface area (Å²) in [7, 11) is 0. The highest BCUT2D eigenvalue weighted by atomic mass is 16.4. The molecular formula is C13H17N3O3. The first-order valence-electron chi connectivity index (χ1n) is 6.20. The number of anilines is 1. The lowest BCUT2D eigenvalue weighted by Gasteiger charge is -2.28. The van der Waals surface area contributed by atoms with Crippen molar-refractivity contribution >= 4 is 17.7 Å². The van der Waals surface area contributed by atoms with Crippen LogP contribution in [0.3, 0.4) is 0 Å². The number of hydrogen-bond donors (Lipinski definition) is 3. The van der Waals surface area contributed by atoms with Gasteiger partial charge >= 0.3 is 5.97 Å². The summed E-state index contributed by atoms with van der Waals surface area (Å²) in [6.45, 7) is 1.73. The average molecular weight is 263 g/mol. The van der Waals surface area contributed by atoms with Gasteiger partial charge in [-0.3, -0.25) is 9.59 Å². The second-order valence-electron chi connectivity index (χ2n) is 5.08. The maximum Gasteiger partial charge on any atom is 0.311 e. The average Bonchev–Trinajstić information content (AvgIpc) is 2.73. The van der Waals surface area contributed by atoms with Gasteiger partial charge in [0, 0.05) is 6.04 Å². The van der Waals surface area contributed by atoms with E-state index in [1.54, 1.807) is 19.1 Å². The number of nitrogens with two attached hydrogens (primary N) is 1. The summed E-state index contributed by atoms with van der Waals surface area (Å²) in [5.41, 5.74) is 4.53. The van der Waals surface area contributed by atoms with Crippen molar-refractivity contribution in [1.82, 2.24) is 4.98 Å². The first kappa shape index (κ1) is 13.3. The van der Waals surface area contributed by atoms with Crippen LogP contribution in [0.5, 0.6) is 0 Å². The minimum atomic E-state index is -0.812. The normalized spacial score (nSPS) is 26.1. The number of carbonyl (C=O) groups is 2. The molecule has 1 heterocycles.